The summed E-state index contributed by atoms with van der Waals surface area (Å²) in [6, 6.07) is 17.4. The van der Waals surface area contributed by atoms with E-state index in [4.69, 9.17) is 10.5 Å². The van der Waals surface area contributed by atoms with Gasteiger partial charge in [-0.05, 0) is 36.7 Å². The van der Waals surface area contributed by atoms with Crippen molar-refractivity contribution >= 4 is 5.91 Å². The summed E-state index contributed by atoms with van der Waals surface area (Å²) in [5, 5.41) is 2.91. The highest BCUT2D eigenvalue weighted by atomic mass is 16.5. The fraction of sp³-hybridized carbons (Fsp3) is 0.235. The van der Waals surface area contributed by atoms with Gasteiger partial charge in [0, 0.05) is 0 Å². The lowest BCUT2D eigenvalue weighted by molar-refractivity contribution is -0.119. The lowest BCUT2D eigenvalue weighted by Crippen LogP contribution is -2.40. The zero-order chi connectivity index (χ0) is 15.1. The highest BCUT2D eigenvalue weighted by Crippen LogP contribution is 2.15. The highest BCUT2D eigenvalue weighted by Gasteiger charge is 2.12. The van der Waals surface area contributed by atoms with Crippen LogP contribution in [0.4, 0.5) is 0 Å². The molecule has 0 saturated carbocycles. The number of amides is 1. The molecule has 0 bridgehead atoms. The van der Waals surface area contributed by atoms with Gasteiger partial charge in [-0.25, -0.2) is 0 Å². The largest absolute Gasteiger partial charge is 0.489 e. The maximum Gasteiger partial charge on any atom is 0.234 e. The Kier molecular flexibility index (Phi) is 5.35. The number of nitrogens with one attached hydrogen (secondary N) is 1. The molecule has 0 heterocycles. The van der Waals surface area contributed by atoms with Gasteiger partial charge in [0.1, 0.15) is 12.4 Å². The third-order valence-corrected chi connectivity index (χ3v) is 3.30. The van der Waals surface area contributed by atoms with Crippen molar-refractivity contribution in [3.05, 3.63) is 65.7 Å². The van der Waals surface area contributed by atoms with Crippen LogP contribution in [-0.2, 0) is 17.8 Å². The summed E-state index contributed by atoms with van der Waals surface area (Å²) < 4.78 is 5.72. The average molecular weight is 284 g/mol. The molecule has 0 spiro atoms. The second-order valence-corrected chi connectivity index (χ2v) is 4.87. The second-order valence-electron chi connectivity index (χ2n) is 4.87. The Bertz CT molecular complexity index is 567. The van der Waals surface area contributed by atoms with E-state index in [2.05, 4.69) is 5.32 Å². The molecule has 0 aliphatic heterocycles. The van der Waals surface area contributed by atoms with E-state index in [1.54, 1.807) is 7.05 Å². The van der Waals surface area contributed by atoms with Crippen LogP contribution in [0.3, 0.4) is 0 Å². The summed E-state index contributed by atoms with van der Waals surface area (Å²) in [5.41, 5.74) is 7.48. The third-order valence-electron chi connectivity index (χ3n) is 3.30. The number of ether oxygens (including phenoxy) is 1. The molecule has 1 atom stereocenters. The number of likely N-dealkylation sites (N-methyl/N-ethyl adjacent to an activating group) is 1. The highest BCUT2D eigenvalue weighted by molar-refractivity contribution is 5.80. The SMILES string of the molecule is CN[C@H](Cc1ccc(OCc2ccccc2)cc1)C(N)=O. The van der Waals surface area contributed by atoms with Gasteiger partial charge >= 0.3 is 0 Å². The van der Waals surface area contributed by atoms with E-state index in [9.17, 15) is 4.79 Å². The Morgan fingerprint density at radius 1 is 1.10 bits per heavy atom. The van der Waals surface area contributed by atoms with Crippen molar-refractivity contribution in [3.63, 3.8) is 0 Å². The van der Waals surface area contributed by atoms with Crippen LogP contribution in [0.1, 0.15) is 11.1 Å². The summed E-state index contributed by atoms with van der Waals surface area (Å²) in [7, 11) is 1.73. The molecule has 110 valence electrons. The molecule has 1 amide bonds. The normalized spacial score (nSPS) is 11.9. The van der Waals surface area contributed by atoms with Gasteiger partial charge < -0.3 is 15.8 Å². The number of carbonyl (C=O) groups excluding carboxylic acids is 1. The van der Waals surface area contributed by atoms with Gasteiger partial charge in [0.25, 0.3) is 0 Å². The number of rotatable bonds is 7. The molecule has 4 heteroatoms. The van der Waals surface area contributed by atoms with Gasteiger partial charge in [-0.15, -0.1) is 0 Å². The monoisotopic (exact) mass is 284 g/mol. The zero-order valence-electron chi connectivity index (χ0n) is 12.1. The van der Waals surface area contributed by atoms with Crippen LogP contribution in [0.2, 0.25) is 0 Å². The van der Waals surface area contributed by atoms with Crippen molar-refractivity contribution in [2.24, 2.45) is 5.73 Å². The number of carbonyl (C=O) groups is 1. The number of benzene rings is 2. The molecule has 3 N–H and O–H groups in total. The summed E-state index contributed by atoms with van der Waals surface area (Å²) in [5.74, 6) is 0.463. The summed E-state index contributed by atoms with van der Waals surface area (Å²) >= 11 is 0. The van der Waals surface area contributed by atoms with Crippen LogP contribution in [0.25, 0.3) is 0 Å². The van der Waals surface area contributed by atoms with Crippen LogP contribution in [0.15, 0.2) is 54.6 Å². The fourth-order valence-corrected chi connectivity index (χ4v) is 2.04. The first-order chi connectivity index (χ1) is 10.2. The minimum absolute atomic E-state index is 0.345. The number of hydrogen-bond acceptors (Lipinski definition) is 3. The predicted molar refractivity (Wildman–Crippen MR) is 83.0 cm³/mol. The number of nitrogens with two attached hydrogens (primary N) is 1. The van der Waals surface area contributed by atoms with Crippen LogP contribution < -0.4 is 15.8 Å². The first-order valence-electron chi connectivity index (χ1n) is 6.91. The molecular formula is C17H20N2O2. The topological polar surface area (TPSA) is 64.3 Å². The summed E-state index contributed by atoms with van der Waals surface area (Å²) in [6.45, 7) is 0.542. The smallest absolute Gasteiger partial charge is 0.234 e. The molecule has 0 unspecified atom stereocenters. The van der Waals surface area contributed by atoms with E-state index in [1.165, 1.54) is 0 Å². The van der Waals surface area contributed by atoms with Crippen molar-refractivity contribution in [2.75, 3.05) is 7.05 Å². The lowest BCUT2D eigenvalue weighted by atomic mass is 10.1. The predicted octanol–water partition coefficient (Wildman–Crippen LogP) is 1.88. The number of primary amides is 1. The van der Waals surface area contributed by atoms with Crippen molar-refractivity contribution in [2.45, 2.75) is 19.1 Å². The molecule has 0 aromatic heterocycles. The Morgan fingerprint density at radius 2 is 1.76 bits per heavy atom. The third kappa shape index (κ3) is 4.61. The van der Waals surface area contributed by atoms with Crippen molar-refractivity contribution in [1.29, 1.82) is 0 Å². The summed E-state index contributed by atoms with van der Waals surface area (Å²) in [4.78, 5) is 11.2. The van der Waals surface area contributed by atoms with Crippen LogP contribution >= 0.6 is 0 Å². The Labute approximate surface area is 124 Å². The van der Waals surface area contributed by atoms with E-state index in [1.807, 2.05) is 54.6 Å². The quantitative estimate of drug-likeness (QED) is 0.816. The second kappa shape index (κ2) is 7.45. The number of hydrogen-bond donors (Lipinski definition) is 2. The molecule has 0 saturated heterocycles. The van der Waals surface area contributed by atoms with Gasteiger partial charge in [-0.3, -0.25) is 4.79 Å². The fourth-order valence-electron chi connectivity index (χ4n) is 2.04. The Balaban J connectivity index is 1.91. The first kappa shape index (κ1) is 15.1. The molecule has 2 aromatic carbocycles. The van der Waals surface area contributed by atoms with Crippen molar-refractivity contribution in [1.82, 2.24) is 5.32 Å². The Hall–Kier alpha value is -2.33. The molecule has 0 aliphatic carbocycles. The molecule has 4 nitrogen and oxygen atoms in total. The van der Waals surface area contributed by atoms with Crippen LogP contribution in [0, 0.1) is 0 Å². The molecular weight excluding hydrogens is 264 g/mol. The molecule has 21 heavy (non-hydrogen) atoms. The van der Waals surface area contributed by atoms with E-state index in [0.717, 1.165) is 16.9 Å². The minimum Gasteiger partial charge on any atom is -0.489 e. The van der Waals surface area contributed by atoms with Crippen LogP contribution in [0.5, 0.6) is 5.75 Å². The minimum atomic E-state index is -0.346. The van der Waals surface area contributed by atoms with E-state index < -0.39 is 0 Å². The van der Waals surface area contributed by atoms with Crippen molar-refractivity contribution < 1.29 is 9.53 Å². The molecule has 0 aliphatic rings. The molecule has 2 rings (SSSR count). The standard InChI is InChI=1S/C17H20N2O2/c1-19-16(17(18)20)11-13-7-9-15(10-8-13)21-12-14-5-3-2-4-6-14/h2-10,16,19H,11-12H2,1H3,(H2,18,20)/t16-/m1/s1. The van der Waals surface area contributed by atoms with E-state index >= 15 is 0 Å². The maximum absolute atomic E-state index is 11.2. The van der Waals surface area contributed by atoms with Gasteiger partial charge in [0.05, 0.1) is 6.04 Å². The zero-order valence-corrected chi connectivity index (χ0v) is 12.1. The Morgan fingerprint density at radius 3 is 2.33 bits per heavy atom. The van der Waals surface area contributed by atoms with Crippen molar-refractivity contribution in [3.8, 4) is 5.75 Å². The maximum atomic E-state index is 11.2. The van der Waals surface area contributed by atoms with E-state index in [0.29, 0.717) is 13.0 Å². The van der Waals surface area contributed by atoms with Gasteiger partial charge in [0.15, 0.2) is 0 Å². The van der Waals surface area contributed by atoms with E-state index in [-0.39, 0.29) is 11.9 Å². The average Bonchev–Trinajstić information content (AvgIpc) is 2.52. The molecule has 0 fully saturated rings. The first-order valence-corrected chi connectivity index (χ1v) is 6.91. The molecule has 2 aromatic rings. The van der Waals surface area contributed by atoms with Crippen LogP contribution in [-0.4, -0.2) is 19.0 Å². The summed E-state index contributed by atoms with van der Waals surface area (Å²) in [6.07, 6.45) is 0.574. The lowest BCUT2D eigenvalue weighted by Gasteiger charge is -2.12. The van der Waals surface area contributed by atoms with Gasteiger partial charge in [-0.2, -0.15) is 0 Å². The van der Waals surface area contributed by atoms with Gasteiger partial charge in [-0.1, -0.05) is 42.5 Å². The van der Waals surface area contributed by atoms with Gasteiger partial charge in [0.2, 0.25) is 5.91 Å². The molecule has 0 radical (unpaired) electrons.